The van der Waals surface area contributed by atoms with Gasteiger partial charge < -0.3 is 25.9 Å². The second-order valence-electron chi connectivity index (χ2n) is 5.54. The number of nitrogens with zero attached hydrogens (tertiary/aromatic N) is 1. The first-order chi connectivity index (χ1) is 10.5. The lowest BCUT2D eigenvalue weighted by Crippen LogP contribution is -2.39. The standard InChI is InChI=1S/C17H13NO4.H2O/c19-14-2-1-9-5-13-11-7-16(21)15(20)6-10(11)3-4-18(13)8-12(9)17(14)22;/h1-2,5-8H,3-4H2,(H3,19,20,21,22);1H2. The molecular weight excluding hydrogens is 298 g/mol. The Kier molecular flexibility index (Phi) is 3.26. The van der Waals surface area contributed by atoms with E-state index in [1.54, 1.807) is 24.4 Å². The fourth-order valence-electron chi connectivity index (χ4n) is 3.05. The van der Waals surface area contributed by atoms with Crippen molar-refractivity contribution >= 4 is 10.8 Å². The molecule has 0 saturated carbocycles. The molecule has 0 aliphatic carbocycles. The van der Waals surface area contributed by atoms with Crippen molar-refractivity contribution in [3.8, 4) is 34.3 Å². The van der Waals surface area contributed by atoms with Gasteiger partial charge in [0.1, 0.15) is 0 Å². The lowest BCUT2D eigenvalue weighted by molar-refractivity contribution is -0.686. The summed E-state index contributed by atoms with van der Waals surface area (Å²) in [6, 6.07) is 8.24. The molecule has 0 unspecified atom stereocenters. The average Bonchev–Trinajstić information content (AvgIpc) is 2.51. The van der Waals surface area contributed by atoms with Crippen LogP contribution in [-0.2, 0) is 13.0 Å². The second-order valence-corrected chi connectivity index (χ2v) is 5.54. The Bertz CT molecular complexity index is 936. The highest BCUT2D eigenvalue weighted by Crippen LogP contribution is 2.38. The van der Waals surface area contributed by atoms with Gasteiger partial charge in [0.15, 0.2) is 35.7 Å². The monoisotopic (exact) mass is 313 g/mol. The molecule has 23 heavy (non-hydrogen) atoms. The number of phenolic OH excluding ortho intramolecular Hbond substituents is 4. The van der Waals surface area contributed by atoms with Crippen molar-refractivity contribution in [1.29, 1.82) is 0 Å². The molecule has 0 saturated heterocycles. The number of hydrogen-bond donors (Lipinski definition) is 4. The predicted molar refractivity (Wildman–Crippen MR) is 81.9 cm³/mol. The number of pyridine rings is 1. The summed E-state index contributed by atoms with van der Waals surface area (Å²) in [5, 5.41) is 40.4. The van der Waals surface area contributed by atoms with Gasteiger partial charge in [0, 0.05) is 12.5 Å². The van der Waals surface area contributed by atoms with Gasteiger partial charge in [-0.2, -0.15) is 4.57 Å². The predicted octanol–water partition coefficient (Wildman–Crippen LogP) is 2.00. The number of rotatable bonds is 0. The lowest BCUT2D eigenvalue weighted by atomic mass is 9.95. The minimum Gasteiger partial charge on any atom is -0.870 e. The Morgan fingerprint density at radius 3 is 2.39 bits per heavy atom. The molecule has 1 aliphatic rings. The number of aromatic nitrogens is 1. The third kappa shape index (κ3) is 2.11. The smallest absolute Gasteiger partial charge is 0.213 e. The molecule has 0 bridgehead atoms. The first-order valence-electron chi connectivity index (χ1n) is 6.98. The summed E-state index contributed by atoms with van der Waals surface area (Å²) in [7, 11) is 0. The second kappa shape index (κ2) is 5.03. The SMILES string of the molecule is Oc1cc2c(cc1O)-c1cc3ccc(O)c(O)c3c[n+]1CC2.[OH-]. The molecule has 0 radical (unpaired) electrons. The van der Waals surface area contributed by atoms with Crippen LogP contribution in [-0.4, -0.2) is 25.9 Å². The zero-order valence-electron chi connectivity index (χ0n) is 12.1. The summed E-state index contributed by atoms with van der Waals surface area (Å²) in [5.74, 6) is -0.546. The van der Waals surface area contributed by atoms with Crippen LogP contribution >= 0.6 is 0 Å². The van der Waals surface area contributed by atoms with Gasteiger partial charge >= 0.3 is 0 Å². The van der Waals surface area contributed by atoms with Gasteiger partial charge in [0.25, 0.3) is 0 Å². The molecule has 0 atom stereocenters. The minimum absolute atomic E-state index is 0. The maximum atomic E-state index is 10.00. The van der Waals surface area contributed by atoms with E-state index >= 15 is 0 Å². The van der Waals surface area contributed by atoms with Crippen LogP contribution in [0.1, 0.15) is 5.56 Å². The van der Waals surface area contributed by atoms with E-state index in [0.717, 1.165) is 22.2 Å². The number of aryl methyl sites for hydroxylation is 2. The van der Waals surface area contributed by atoms with Crippen LogP contribution in [0, 0.1) is 0 Å². The molecule has 5 N–H and O–H groups in total. The molecule has 2 aromatic carbocycles. The number of phenols is 4. The topological polar surface area (TPSA) is 115 Å². The maximum Gasteiger partial charge on any atom is 0.213 e. The van der Waals surface area contributed by atoms with Crippen molar-refractivity contribution in [1.82, 2.24) is 0 Å². The Morgan fingerprint density at radius 2 is 1.61 bits per heavy atom. The summed E-state index contributed by atoms with van der Waals surface area (Å²) >= 11 is 0. The lowest BCUT2D eigenvalue weighted by Gasteiger charge is -2.16. The molecule has 6 nitrogen and oxygen atoms in total. The van der Waals surface area contributed by atoms with Gasteiger partial charge in [-0.25, -0.2) is 0 Å². The fraction of sp³-hybridized carbons (Fsp3) is 0.118. The average molecular weight is 313 g/mol. The molecule has 0 amide bonds. The molecular formula is C17H15NO5. The summed E-state index contributed by atoms with van der Waals surface area (Å²) < 4.78 is 1.97. The van der Waals surface area contributed by atoms with Gasteiger partial charge in [0.2, 0.25) is 5.69 Å². The molecule has 4 rings (SSSR count). The van der Waals surface area contributed by atoms with E-state index in [-0.39, 0.29) is 28.5 Å². The molecule has 3 aromatic rings. The first kappa shape index (κ1) is 14.9. The van der Waals surface area contributed by atoms with E-state index in [1.165, 1.54) is 6.07 Å². The van der Waals surface area contributed by atoms with Crippen molar-refractivity contribution in [2.45, 2.75) is 13.0 Å². The van der Waals surface area contributed by atoms with Crippen LogP contribution in [0.4, 0.5) is 0 Å². The molecule has 1 aromatic heterocycles. The first-order valence-corrected chi connectivity index (χ1v) is 6.98. The zero-order valence-corrected chi connectivity index (χ0v) is 12.1. The largest absolute Gasteiger partial charge is 0.870 e. The van der Waals surface area contributed by atoms with Crippen LogP contribution < -0.4 is 4.57 Å². The van der Waals surface area contributed by atoms with E-state index in [4.69, 9.17) is 0 Å². The zero-order chi connectivity index (χ0) is 15.4. The van der Waals surface area contributed by atoms with Crippen LogP contribution in [0.2, 0.25) is 0 Å². The van der Waals surface area contributed by atoms with E-state index in [1.807, 2.05) is 10.6 Å². The van der Waals surface area contributed by atoms with Crippen molar-refractivity contribution in [3.05, 3.63) is 42.1 Å². The summed E-state index contributed by atoms with van der Waals surface area (Å²) in [5.41, 5.74) is 2.72. The van der Waals surface area contributed by atoms with Gasteiger partial charge in [-0.15, -0.1) is 0 Å². The van der Waals surface area contributed by atoms with Crippen LogP contribution in [0.15, 0.2) is 36.5 Å². The third-order valence-corrected chi connectivity index (χ3v) is 4.21. The minimum atomic E-state index is -0.152. The molecule has 118 valence electrons. The highest BCUT2D eigenvalue weighted by Gasteiger charge is 2.26. The Labute approximate surface area is 131 Å². The van der Waals surface area contributed by atoms with E-state index < -0.39 is 0 Å². The van der Waals surface area contributed by atoms with Crippen LogP contribution in [0.5, 0.6) is 23.0 Å². The van der Waals surface area contributed by atoms with Gasteiger partial charge in [-0.3, -0.25) is 0 Å². The van der Waals surface area contributed by atoms with E-state index in [9.17, 15) is 20.4 Å². The molecule has 6 heteroatoms. The Balaban J connectivity index is 0.00000156. The Hall–Kier alpha value is -2.99. The number of fused-ring (bicyclic) bond motifs is 4. The third-order valence-electron chi connectivity index (χ3n) is 4.21. The van der Waals surface area contributed by atoms with Gasteiger partial charge in [0.05, 0.1) is 10.9 Å². The summed E-state index contributed by atoms with van der Waals surface area (Å²) in [6.07, 6.45) is 2.51. The Morgan fingerprint density at radius 1 is 0.870 bits per heavy atom. The number of hydrogen-bond acceptors (Lipinski definition) is 5. The number of aromatic hydroxyl groups is 4. The van der Waals surface area contributed by atoms with Crippen molar-refractivity contribution in [2.24, 2.45) is 0 Å². The highest BCUT2D eigenvalue weighted by atomic mass is 16.3. The van der Waals surface area contributed by atoms with Crippen LogP contribution in [0.25, 0.3) is 22.0 Å². The van der Waals surface area contributed by atoms with Crippen molar-refractivity contribution in [2.75, 3.05) is 0 Å². The van der Waals surface area contributed by atoms with Crippen LogP contribution in [0.3, 0.4) is 0 Å². The van der Waals surface area contributed by atoms with Gasteiger partial charge in [-0.1, -0.05) is 0 Å². The normalized spacial score (nSPS) is 12.3. The van der Waals surface area contributed by atoms with Crippen molar-refractivity contribution in [3.63, 3.8) is 0 Å². The molecule has 1 aliphatic heterocycles. The van der Waals surface area contributed by atoms with Crippen molar-refractivity contribution < 1.29 is 30.5 Å². The van der Waals surface area contributed by atoms with E-state index in [0.29, 0.717) is 18.4 Å². The maximum absolute atomic E-state index is 10.00. The molecule has 0 spiro atoms. The van der Waals surface area contributed by atoms with Gasteiger partial charge in [-0.05, 0) is 35.2 Å². The van der Waals surface area contributed by atoms with E-state index in [2.05, 4.69) is 0 Å². The molecule has 2 heterocycles. The fourth-order valence-corrected chi connectivity index (χ4v) is 3.05. The summed E-state index contributed by atoms with van der Waals surface area (Å²) in [6.45, 7) is 0.692. The highest BCUT2D eigenvalue weighted by molar-refractivity contribution is 5.91. The number of benzene rings is 2. The quantitative estimate of drug-likeness (QED) is 0.374. The molecule has 0 fully saturated rings. The summed E-state index contributed by atoms with van der Waals surface area (Å²) in [4.78, 5) is 0.